The molecule has 0 fully saturated rings. The number of rotatable bonds is 5. The molecule has 0 unspecified atom stereocenters. The van der Waals surface area contributed by atoms with E-state index in [1.165, 1.54) is 0 Å². The van der Waals surface area contributed by atoms with Crippen LogP contribution in [0.4, 0.5) is 11.4 Å². The van der Waals surface area contributed by atoms with Gasteiger partial charge in [0.1, 0.15) is 11.2 Å². The van der Waals surface area contributed by atoms with Gasteiger partial charge < -0.3 is 13.7 Å². The Balaban J connectivity index is 1.00. The third-order valence-electron chi connectivity index (χ3n) is 10.9. The predicted octanol–water partition coefficient (Wildman–Crippen LogP) is 13.5. The highest BCUT2D eigenvalue weighted by Crippen LogP contribution is 2.42. The number of hydrogen-bond acceptors (Lipinski definition) is 6. The first-order chi connectivity index (χ1) is 28.7. The fourth-order valence-corrected chi connectivity index (χ4v) is 8.11. The summed E-state index contributed by atoms with van der Waals surface area (Å²) in [7, 11) is 0. The van der Waals surface area contributed by atoms with Crippen LogP contribution in [0.25, 0.3) is 89.2 Å². The fraction of sp³-hybridized carbons (Fsp3) is 0.0192. The van der Waals surface area contributed by atoms with Crippen LogP contribution in [0.15, 0.2) is 197 Å². The average molecular weight is 747 g/mol. The Morgan fingerprint density at radius 1 is 0.483 bits per heavy atom. The minimum atomic E-state index is 0.600. The number of anilines is 2. The first kappa shape index (κ1) is 33.5. The second kappa shape index (κ2) is 13.7. The van der Waals surface area contributed by atoms with Crippen molar-refractivity contribution in [3.8, 4) is 34.2 Å². The molecule has 0 spiro atoms. The molecule has 0 radical (unpaired) electrons. The molecule has 58 heavy (non-hydrogen) atoms. The molecule has 4 heterocycles. The van der Waals surface area contributed by atoms with Gasteiger partial charge in [-0.15, -0.1) is 0 Å². The van der Waals surface area contributed by atoms with E-state index in [0.717, 1.165) is 94.2 Å². The number of aromatic nitrogens is 3. The standard InChI is InChI=1S/C52H34N4O2/c1-33-31-36(40-24-13-25-42-44-29-28-43-41-23-9-11-27-46(41)57-48(43)49(44)58-47(40)42)20-14-30-56(45-26-10-8-22-39(33)45)38-21-12-19-37(32-38)52-54-50(34-15-4-2-5-16-34)53-51(55-52)35-17-6-3-7-18-35/h2-29,31-32H,1,30H2/b20-14-,36-31+. The largest absolute Gasteiger partial charge is 0.452 e. The number of nitrogens with zero attached hydrogens (tertiary/aromatic N) is 4. The summed E-state index contributed by atoms with van der Waals surface area (Å²) >= 11 is 0. The molecular formula is C52H34N4O2. The number of fused-ring (bicyclic) bond motifs is 8. The SMILES string of the molecule is C=C1/C=C(c2cccc3c2oc2c3ccc3c4ccccc4oc32)\C=C/CN(c2cccc(-c3nc(-c4ccccc4)nc(-c4ccccc4)n3)c2)c2ccccc21. The van der Waals surface area contributed by atoms with Crippen molar-refractivity contribution in [2.24, 2.45) is 0 Å². The van der Waals surface area contributed by atoms with E-state index < -0.39 is 0 Å². The van der Waals surface area contributed by atoms with Gasteiger partial charge in [-0.25, -0.2) is 15.0 Å². The quantitative estimate of drug-likeness (QED) is 0.175. The normalized spacial score (nSPS) is 14.6. The fourth-order valence-electron chi connectivity index (χ4n) is 8.11. The lowest BCUT2D eigenvalue weighted by molar-refractivity contribution is 0.633. The van der Waals surface area contributed by atoms with Crippen molar-refractivity contribution in [2.45, 2.75) is 0 Å². The van der Waals surface area contributed by atoms with Gasteiger partial charge in [-0.3, -0.25) is 0 Å². The van der Waals surface area contributed by atoms with Crippen LogP contribution in [0.3, 0.4) is 0 Å². The maximum atomic E-state index is 6.78. The van der Waals surface area contributed by atoms with E-state index in [9.17, 15) is 0 Å². The molecule has 0 amide bonds. The maximum Gasteiger partial charge on any atom is 0.178 e. The van der Waals surface area contributed by atoms with Crippen molar-refractivity contribution in [1.29, 1.82) is 0 Å². The number of furan rings is 2. The third-order valence-corrected chi connectivity index (χ3v) is 10.9. The summed E-state index contributed by atoms with van der Waals surface area (Å²) in [4.78, 5) is 17.2. The van der Waals surface area contributed by atoms with Crippen LogP contribution in [-0.2, 0) is 0 Å². The molecule has 10 aromatic rings. The molecule has 1 aliphatic heterocycles. The van der Waals surface area contributed by atoms with Crippen LogP contribution in [-0.4, -0.2) is 21.5 Å². The molecule has 3 aromatic heterocycles. The van der Waals surface area contributed by atoms with Gasteiger partial charge in [-0.1, -0.05) is 146 Å². The summed E-state index contributed by atoms with van der Waals surface area (Å²) in [6.45, 7) is 5.22. The smallest absolute Gasteiger partial charge is 0.178 e. The zero-order chi connectivity index (χ0) is 38.6. The Kier molecular flexibility index (Phi) is 7.93. The Morgan fingerprint density at radius 2 is 1.05 bits per heavy atom. The van der Waals surface area contributed by atoms with E-state index in [0.29, 0.717) is 24.0 Å². The summed E-state index contributed by atoms with van der Waals surface area (Å²) in [5.74, 6) is 1.86. The first-order valence-electron chi connectivity index (χ1n) is 19.3. The lowest BCUT2D eigenvalue weighted by atomic mass is 9.97. The number of benzene rings is 7. The zero-order valence-electron chi connectivity index (χ0n) is 31.3. The molecule has 6 heteroatoms. The van der Waals surface area contributed by atoms with Crippen molar-refractivity contribution in [1.82, 2.24) is 15.0 Å². The summed E-state index contributed by atoms with van der Waals surface area (Å²) in [6.07, 6.45) is 6.54. The van der Waals surface area contributed by atoms with Gasteiger partial charge in [0, 0.05) is 67.3 Å². The molecule has 0 saturated heterocycles. The molecule has 7 aromatic carbocycles. The van der Waals surface area contributed by atoms with Crippen molar-refractivity contribution < 1.29 is 8.83 Å². The molecule has 0 atom stereocenters. The van der Waals surface area contributed by atoms with Gasteiger partial charge in [0.25, 0.3) is 0 Å². The summed E-state index contributed by atoms with van der Waals surface area (Å²) in [5.41, 5.74) is 11.9. The van der Waals surface area contributed by atoms with Crippen molar-refractivity contribution in [2.75, 3.05) is 11.4 Å². The second-order valence-corrected chi connectivity index (χ2v) is 14.4. The lowest BCUT2D eigenvalue weighted by Gasteiger charge is -2.26. The number of allylic oxidation sites excluding steroid dienone is 4. The van der Waals surface area contributed by atoms with Gasteiger partial charge in [-0.05, 0) is 53.6 Å². The molecule has 0 N–H and O–H groups in total. The van der Waals surface area contributed by atoms with Gasteiger partial charge in [0.2, 0.25) is 0 Å². The van der Waals surface area contributed by atoms with Crippen LogP contribution in [0.5, 0.6) is 0 Å². The Labute approximate surface area is 334 Å². The molecule has 0 aliphatic carbocycles. The predicted molar refractivity (Wildman–Crippen MR) is 237 cm³/mol. The zero-order valence-corrected chi connectivity index (χ0v) is 31.3. The molecule has 0 bridgehead atoms. The molecule has 0 saturated carbocycles. The van der Waals surface area contributed by atoms with Crippen LogP contribution >= 0.6 is 0 Å². The van der Waals surface area contributed by atoms with Crippen LogP contribution < -0.4 is 4.90 Å². The Bertz CT molecular complexity index is 3230. The van der Waals surface area contributed by atoms with E-state index in [1.54, 1.807) is 0 Å². The molecule has 274 valence electrons. The molecule has 1 aliphatic rings. The van der Waals surface area contributed by atoms with Gasteiger partial charge >= 0.3 is 0 Å². The Morgan fingerprint density at radius 3 is 1.83 bits per heavy atom. The monoisotopic (exact) mass is 746 g/mol. The highest BCUT2D eigenvalue weighted by Gasteiger charge is 2.21. The van der Waals surface area contributed by atoms with E-state index in [-0.39, 0.29) is 0 Å². The molecule has 11 rings (SSSR count). The van der Waals surface area contributed by atoms with E-state index in [4.69, 9.17) is 23.8 Å². The maximum absolute atomic E-state index is 6.78. The Hall–Kier alpha value is -7.83. The van der Waals surface area contributed by atoms with Gasteiger partial charge in [-0.2, -0.15) is 0 Å². The number of hydrogen-bond donors (Lipinski definition) is 0. The number of para-hydroxylation sites is 3. The summed E-state index contributed by atoms with van der Waals surface area (Å²) < 4.78 is 13.2. The van der Waals surface area contributed by atoms with Crippen molar-refractivity contribution >= 4 is 66.4 Å². The molecule has 6 nitrogen and oxygen atoms in total. The topological polar surface area (TPSA) is 68.2 Å². The van der Waals surface area contributed by atoms with E-state index in [1.807, 2.05) is 78.9 Å². The van der Waals surface area contributed by atoms with Gasteiger partial charge in [0.05, 0.1) is 0 Å². The lowest BCUT2D eigenvalue weighted by Crippen LogP contribution is -2.18. The highest BCUT2D eigenvalue weighted by atomic mass is 16.4. The van der Waals surface area contributed by atoms with E-state index in [2.05, 4.69) is 115 Å². The summed E-state index contributed by atoms with van der Waals surface area (Å²) in [6, 6.07) is 55.7. The van der Waals surface area contributed by atoms with Crippen LogP contribution in [0.2, 0.25) is 0 Å². The minimum Gasteiger partial charge on any atom is -0.452 e. The highest BCUT2D eigenvalue weighted by molar-refractivity contribution is 6.20. The van der Waals surface area contributed by atoms with Gasteiger partial charge in [0.15, 0.2) is 28.6 Å². The molecular weight excluding hydrogens is 713 g/mol. The van der Waals surface area contributed by atoms with E-state index >= 15 is 0 Å². The first-order valence-corrected chi connectivity index (χ1v) is 19.3. The summed E-state index contributed by atoms with van der Waals surface area (Å²) in [5, 5.41) is 4.19. The van der Waals surface area contributed by atoms with Crippen LogP contribution in [0, 0.1) is 0 Å². The van der Waals surface area contributed by atoms with Crippen molar-refractivity contribution in [3.63, 3.8) is 0 Å². The minimum absolute atomic E-state index is 0.600. The third kappa shape index (κ3) is 5.70. The van der Waals surface area contributed by atoms with Crippen LogP contribution in [0.1, 0.15) is 11.1 Å². The van der Waals surface area contributed by atoms with Crippen molar-refractivity contribution in [3.05, 3.63) is 200 Å². The average Bonchev–Trinajstić information content (AvgIpc) is 3.88. The second-order valence-electron chi connectivity index (χ2n) is 14.4.